The number of carbonyl (C=O) groups excluding carboxylic acids is 1. The van der Waals surface area contributed by atoms with E-state index in [0.29, 0.717) is 5.56 Å². The minimum Gasteiger partial charge on any atom is -0.383 e. The monoisotopic (exact) mass is 348 g/mol. The van der Waals surface area contributed by atoms with Crippen LogP contribution in [0.15, 0.2) is 59.5 Å². The van der Waals surface area contributed by atoms with Crippen LogP contribution >= 0.6 is 0 Å². The first-order valence-corrected chi connectivity index (χ1v) is 8.86. The molecule has 0 saturated heterocycles. The molecule has 2 aromatic carbocycles. The van der Waals surface area contributed by atoms with Crippen LogP contribution in [0.1, 0.15) is 10.4 Å². The van der Waals surface area contributed by atoms with E-state index in [-0.39, 0.29) is 24.0 Å². The lowest BCUT2D eigenvalue weighted by Crippen LogP contribution is -2.28. The van der Waals surface area contributed by atoms with Crippen LogP contribution < -0.4 is 9.62 Å². The molecule has 0 bridgehead atoms. The highest BCUT2D eigenvalue weighted by molar-refractivity contribution is 7.89. The lowest BCUT2D eigenvalue weighted by molar-refractivity contribution is 0.0993. The topological polar surface area (TPSA) is 75.7 Å². The van der Waals surface area contributed by atoms with E-state index in [9.17, 15) is 13.2 Å². The summed E-state index contributed by atoms with van der Waals surface area (Å²) in [5.74, 6) is -0.282. The van der Waals surface area contributed by atoms with Crippen molar-refractivity contribution in [3.05, 3.63) is 60.2 Å². The van der Waals surface area contributed by atoms with Crippen molar-refractivity contribution in [3.8, 4) is 0 Å². The summed E-state index contributed by atoms with van der Waals surface area (Å²) in [6.07, 6.45) is 0. The second-order valence-corrected chi connectivity index (χ2v) is 6.89. The molecule has 2 rings (SSSR count). The Morgan fingerprint density at radius 2 is 1.83 bits per heavy atom. The number of hydrogen-bond donors (Lipinski definition) is 1. The Morgan fingerprint density at radius 1 is 1.12 bits per heavy atom. The molecular formula is C17H20N2O4S. The van der Waals surface area contributed by atoms with E-state index >= 15 is 0 Å². The smallest absolute Gasteiger partial charge is 0.258 e. The van der Waals surface area contributed by atoms with Gasteiger partial charge in [0.25, 0.3) is 5.91 Å². The van der Waals surface area contributed by atoms with Gasteiger partial charge in [-0.1, -0.05) is 24.3 Å². The van der Waals surface area contributed by atoms with Crippen molar-refractivity contribution in [1.82, 2.24) is 4.72 Å². The van der Waals surface area contributed by atoms with Gasteiger partial charge in [-0.05, 0) is 30.3 Å². The third kappa shape index (κ3) is 4.41. The van der Waals surface area contributed by atoms with Crippen LogP contribution in [0.3, 0.4) is 0 Å². The average molecular weight is 348 g/mol. The molecule has 0 radical (unpaired) electrons. The number of para-hydroxylation sites is 1. The number of carbonyl (C=O) groups is 1. The van der Waals surface area contributed by atoms with Gasteiger partial charge in [0, 0.05) is 32.0 Å². The Labute approximate surface area is 142 Å². The lowest BCUT2D eigenvalue weighted by Gasteiger charge is -2.17. The Morgan fingerprint density at radius 3 is 2.50 bits per heavy atom. The van der Waals surface area contributed by atoms with E-state index in [4.69, 9.17) is 4.74 Å². The van der Waals surface area contributed by atoms with Gasteiger partial charge in [-0.2, -0.15) is 0 Å². The molecule has 0 spiro atoms. The summed E-state index contributed by atoms with van der Waals surface area (Å²) in [6, 6.07) is 15.1. The molecule has 6 nitrogen and oxygen atoms in total. The van der Waals surface area contributed by atoms with Gasteiger partial charge in [0.1, 0.15) is 0 Å². The predicted molar refractivity (Wildman–Crippen MR) is 92.7 cm³/mol. The zero-order valence-electron chi connectivity index (χ0n) is 13.6. The van der Waals surface area contributed by atoms with E-state index in [0.717, 1.165) is 5.69 Å². The third-order valence-electron chi connectivity index (χ3n) is 3.44. The Hall–Kier alpha value is -2.22. The number of rotatable bonds is 7. The molecule has 128 valence electrons. The van der Waals surface area contributed by atoms with Crippen LogP contribution in [0.4, 0.5) is 5.69 Å². The Kier molecular flexibility index (Phi) is 6.08. The molecule has 0 fully saturated rings. The van der Waals surface area contributed by atoms with Gasteiger partial charge in [0.15, 0.2) is 0 Å². The fraction of sp³-hybridized carbons (Fsp3) is 0.235. The molecule has 0 aliphatic heterocycles. The zero-order valence-corrected chi connectivity index (χ0v) is 14.4. The molecule has 0 aromatic heterocycles. The van der Waals surface area contributed by atoms with Crippen molar-refractivity contribution in [2.24, 2.45) is 0 Å². The van der Waals surface area contributed by atoms with Gasteiger partial charge in [-0.25, -0.2) is 13.1 Å². The molecule has 2 aromatic rings. The number of nitrogens with zero attached hydrogens (tertiary/aromatic N) is 1. The quantitative estimate of drug-likeness (QED) is 0.775. The molecule has 7 heteroatoms. The van der Waals surface area contributed by atoms with Crippen molar-refractivity contribution < 1.29 is 17.9 Å². The number of hydrogen-bond acceptors (Lipinski definition) is 4. The Balaban J connectivity index is 2.22. The highest BCUT2D eigenvalue weighted by Crippen LogP contribution is 2.17. The molecule has 0 unspecified atom stereocenters. The molecular weight excluding hydrogens is 328 g/mol. The summed E-state index contributed by atoms with van der Waals surface area (Å²) >= 11 is 0. The van der Waals surface area contributed by atoms with Crippen LogP contribution in [0.25, 0.3) is 0 Å². The number of nitrogens with one attached hydrogen (secondary N) is 1. The normalized spacial score (nSPS) is 11.2. The van der Waals surface area contributed by atoms with Crippen molar-refractivity contribution in [2.75, 3.05) is 32.2 Å². The van der Waals surface area contributed by atoms with Crippen LogP contribution in [-0.4, -0.2) is 41.6 Å². The number of benzene rings is 2. The van der Waals surface area contributed by atoms with Crippen molar-refractivity contribution in [1.29, 1.82) is 0 Å². The largest absolute Gasteiger partial charge is 0.383 e. The molecule has 1 N–H and O–H groups in total. The van der Waals surface area contributed by atoms with Crippen molar-refractivity contribution in [2.45, 2.75) is 4.90 Å². The van der Waals surface area contributed by atoms with Gasteiger partial charge >= 0.3 is 0 Å². The van der Waals surface area contributed by atoms with E-state index in [1.807, 2.05) is 30.3 Å². The molecule has 1 amide bonds. The SMILES string of the molecule is COCCNS(=O)(=O)c1cccc(C(=O)N(C)c2ccccc2)c1. The molecule has 24 heavy (non-hydrogen) atoms. The first-order chi connectivity index (χ1) is 11.5. The maximum absolute atomic E-state index is 12.6. The van der Waals surface area contributed by atoms with Gasteiger partial charge in [0.2, 0.25) is 10.0 Å². The molecule has 0 atom stereocenters. The van der Waals surface area contributed by atoms with Crippen molar-refractivity contribution in [3.63, 3.8) is 0 Å². The van der Waals surface area contributed by atoms with Gasteiger partial charge in [-0.3, -0.25) is 4.79 Å². The maximum Gasteiger partial charge on any atom is 0.258 e. The Bertz CT molecular complexity index is 791. The number of ether oxygens (including phenoxy) is 1. The van der Waals surface area contributed by atoms with Crippen LogP contribution in [0, 0.1) is 0 Å². The summed E-state index contributed by atoms with van der Waals surface area (Å²) in [5, 5.41) is 0. The summed E-state index contributed by atoms with van der Waals surface area (Å²) in [5.41, 5.74) is 1.03. The average Bonchev–Trinajstić information content (AvgIpc) is 2.61. The minimum atomic E-state index is -3.68. The summed E-state index contributed by atoms with van der Waals surface area (Å²) < 4.78 is 31.7. The third-order valence-corrected chi connectivity index (χ3v) is 4.90. The highest BCUT2D eigenvalue weighted by Gasteiger charge is 2.18. The molecule has 0 aliphatic rings. The van der Waals surface area contributed by atoms with Crippen LogP contribution in [-0.2, 0) is 14.8 Å². The molecule has 0 heterocycles. The fourth-order valence-corrected chi connectivity index (χ4v) is 3.18. The van der Waals surface area contributed by atoms with Crippen LogP contribution in [0.2, 0.25) is 0 Å². The standard InChI is InChI=1S/C17H20N2O4S/c1-19(15-8-4-3-5-9-15)17(20)14-7-6-10-16(13-14)24(21,22)18-11-12-23-2/h3-10,13,18H,11-12H2,1-2H3. The first-order valence-electron chi connectivity index (χ1n) is 7.37. The summed E-state index contributed by atoms with van der Waals surface area (Å²) in [4.78, 5) is 14.1. The van der Waals surface area contributed by atoms with E-state index < -0.39 is 10.0 Å². The second-order valence-electron chi connectivity index (χ2n) is 5.12. The van der Waals surface area contributed by atoms with E-state index in [1.54, 1.807) is 19.2 Å². The maximum atomic E-state index is 12.6. The van der Waals surface area contributed by atoms with E-state index in [1.165, 1.54) is 24.1 Å². The molecule has 0 aliphatic carbocycles. The number of anilines is 1. The molecule has 0 saturated carbocycles. The highest BCUT2D eigenvalue weighted by atomic mass is 32.2. The minimum absolute atomic E-state index is 0.0471. The van der Waals surface area contributed by atoms with Gasteiger partial charge in [-0.15, -0.1) is 0 Å². The lowest BCUT2D eigenvalue weighted by atomic mass is 10.2. The number of methoxy groups -OCH3 is 1. The second kappa shape index (κ2) is 8.05. The number of sulfonamides is 1. The van der Waals surface area contributed by atoms with E-state index in [2.05, 4.69) is 4.72 Å². The van der Waals surface area contributed by atoms with Crippen LogP contribution in [0.5, 0.6) is 0 Å². The summed E-state index contributed by atoms with van der Waals surface area (Å²) in [7, 11) is -0.538. The summed E-state index contributed by atoms with van der Waals surface area (Å²) in [6.45, 7) is 0.440. The van der Waals surface area contributed by atoms with Gasteiger partial charge < -0.3 is 9.64 Å². The van der Waals surface area contributed by atoms with Crippen molar-refractivity contribution >= 4 is 21.6 Å². The first kappa shape index (κ1) is 18.1. The fourth-order valence-electron chi connectivity index (χ4n) is 2.12. The predicted octanol–water partition coefficient (Wildman–Crippen LogP) is 1.89. The number of amides is 1. The van der Waals surface area contributed by atoms with Gasteiger partial charge in [0.05, 0.1) is 11.5 Å². The zero-order chi connectivity index (χ0) is 17.6.